The zero-order valence-electron chi connectivity index (χ0n) is 21.4. The Morgan fingerprint density at radius 3 is 1.94 bits per heavy atom. The van der Waals surface area contributed by atoms with E-state index in [0.29, 0.717) is 6.42 Å². The van der Waals surface area contributed by atoms with Gasteiger partial charge in [-0.3, -0.25) is 0 Å². The molecule has 176 valence electrons. The number of hydrogen-bond donors (Lipinski definition) is 0. The summed E-state index contributed by atoms with van der Waals surface area (Å²) in [6, 6.07) is 19.3. The molecule has 0 amide bonds. The predicted octanol–water partition coefficient (Wildman–Crippen LogP) is 8.61. The van der Waals surface area contributed by atoms with Crippen LogP contribution in [0.4, 0.5) is 8.78 Å². The van der Waals surface area contributed by atoms with Crippen LogP contribution in [0.5, 0.6) is 0 Å². The summed E-state index contributed by atoms with van der Waals surface area (Å²) >= 11 is 0. The Bertz CT molecular complexity index is 1130. The Labute approximate surface area is 199 Å². The van der Waals surface area contributed by atoms with E-state index in [0.717, 1.165) is 23.1 Å². The molecule has 0 saturated carbocycles. The third-order valence-corrected chi connectivity index (χ3v) is 6.69. The van der Waals surface area contributed by atoms with E-state index in [9.17, 15) is 4.39 Å². The third-order valence-electron chi connectivity index (χ3n) is 6.69. The second-order valence-electron chi connectivity index (χ2n) is 11.9. The largest absolute Gasteiger partial charge is 0.207 e. The van der Waals surface area contributed by atoms with E-state index < -0.39 is 0 Å². The minimum atomic E-state index is -0.235. The Kier molecular flexibility index (Phi) is 6.89. The van der Waals surface area contributed by atoms with E-state index in [1.807, 2.05) is 45.0 Å². The molecule has 0 radical (unpaired) electrons. The van der Waals surface area contributed by atoms with Gasteiger partial charge in [0.25, 0.3) is 0 Å². The normalized spacial score (nSPS) is 12.8. The topological polar surface area (TPSA) is 0 Å². The first-order chi connectivity index (χ1) is 15.2. The molecule has 0 bridgehead atoms. The number of hydrogen-bond acceptors (Lipinski definition) is 0. The molecule has 3 aromatic carbocycles. The smallest absolute Gasteiger partial charge is 0.130 e. The van der Waals surface area contributed by atoms with Crippen LogP contribution in [0.15, 0.2) is 60.7 Å². The van der Waals surface area contributed by atoms with Crippen LogP contribution in [0.25, 0.3) is 0 Å². The zero-order valence-corrected chi connectivity index (χ0v) is 21.4. The van der Waals surface area contributed by atoms with E-state index in [1.165, 1.54) is 22.8 Å². The van der Waals surface area contributed by atoms with E-state index in [1.54, 1.807) is 12.1 Å². The molecule has 2 heteroatoms. The molecule has 3 rings (SSSR count). The van der Waals surface area contributed by atoms with E-state index in [2.05, 4.69) is 52.8 Å². The monoisotopic (exact) mass is 448 g/mol. The zero-order chi connectivity index (χ0) is 24.6. The first-order valence-corrected chi connectivity index (χ1v) is 11.8. The Hall–Kier alpha value is -2.48. The SMILES string of the molecule is Cc1cc(CC(C)(C)c2cccc(F)c2)cc(C(C)(C)Cc2cccc(C(C)(C)C)c2F)c1. The lowest BCUT2D eigenvalue weighted by Gasteiger charge is -2.30. The van der Waals surface area contributed by atoms with E-state index >= 15 is 4.39 Å². The van der Waals surface area contributed by atoms with Crippen molar-refractivity contribution in [3.05, 3.63) is 106 Å². The molecule has 0 nitrogen and oxygen atoms in total. The quantitative estimate of drug-likeness (QED) is 0.354. The van der Waals surface area contributed by atoms with Crippen molar-refractivity contribution >= 4 is 0 Å². The minimum absolute atomic E-state index is 0.0850. The summed E-state index contributed by atoms with van der Waals surface area (Å²) in [5.74, 6) is -0.288. The van der Waals surface area contributed by atoms with Gasteiger partial charge in [-0.2, -0.15) is 0 Å². The number of rotatable bonds is 6. The standard InChI is InChI=1S/C31H38F2/c1-21-15-22(19-30(5,6)24-12-10-13-26(32)18-24)17-25(16-21)31(7,8)20-23-11-9-14-27(28(23)33)29(2,3)4/h9-18H,19-20H2,1-8H3. The Morgan fingerprint density at radius 1 is 0.667 bits per heavy atom. The second-order valence-corrected chi connectivity index (χ2v) is 11.9. The van der Waals surface area contributed by atoms with Gasteiger partial charge in [0.1, 0.15) is 11.6 Å². The molecule has 0 saturated heterocycles. The van der Waals surface area contributed by atoms with E-state index in [4.69, 9.17) is 0 Å². The van der Waals surface area contributed by atoms with Gasteiger partial charge >= 0.3 is 0 Å². The van der Waals surface area contributed by atoms with Gasteiger partial charge in [-0.25, -0.2) is 8.78 Å². The van der Waals surface area contributed by atoms with Crippen molar-refractivity contribution in [3.63, 3.8) is 0 Å². The fraction of sp³-hybridized carbons (Fsp3) is 0.419. The first-order valence-electron chi connectivity index (χ1n) is 11.8. The van der Waals surface area contributed by atoms with Gasteiger partial charge in [0.15, 0.2) is 0 Å². The molecule has 0 aromatic heterocycles. The average molecular weight is 449 g/mol. The summed E-state index contributed by atoms with van der Waals surface area (Å²) < 4.78 is 29.2. The van der Waals surface area contributed by atoms with Crippen LogP contribution in [0.2, 0.25) is 0 Å². The summed E-state index contributed by atoms with van der Waals surface area (Å²) in [6.45, 7) is 16.9. The van der Waals surface area contributed by atoms with Crippen molar-refractivity contribution in [3.8, 4) is 0 Å². The van der Waals surface area contributed by atoms with E-state index in [-0.39, 0.29) is 27.9 Å². The molecule has 0 heterocycles. The van der Waals surface area contributed by atoms with Crippen molar-refractivity contribution in [1.29, 1.82) is 0 Å². The van der Waals surface area contributed by atoms with Gasteiger partial charge in [-0.15, -0.1) is 0 Å². The van der Waals surface area contributed by atoms with Crippen LogP contribution >= 0.6 is 0 Å². The fourth-order valence-electron chi connectivity index (χ4n) is 4.75. The predicted molar refractivity (Wildman–Crippen MR) is 136 cm³/mol. The summed E-state index contributed by atoms with van der Waals surface area (Å²) in [4.78, 5) is 0. The molecule has 0 unspecified atom stereocenters. The van der Waals surface area contributed by atoms with Gasteiger partial charge < -0.3 is 0 Å². The number of benzene rings is 3. The fourth-order valence-corrected chi connectivity index (χ4v) is 4.75. The number of aryl methyl sites for hydroxylation is 1. The Balaban J connectivity index is 1.93. The highest BCUT2D eigenvalue weighted by Crippen LogP contribution is 2.35. The van der Waals surface area contributed by atoms with Crippen LogP contribution in [-0.4, -0.2) is 0 Å². The highest BCUT2D eigenvalue weighted by atomic mass is 19.1. The summed E-state index contributed by atoms with van der Waals surface area (Å²) in [5, 5.41) is 0. The van der Waals surface area contributed by atoms with Crippen LogP contribution in [0.3, 0.4) is 0 Å². The molecule has 33 heavy (non-hydrogen) atoms. The van der Waals surface area contributed by atoms with Crippen LogP contribution in [0, 0.1) is 18.6 Å². The van der Waals surface area contributed by atoms with Crippen molar-refractivity contribution in [2.75, 3.05) is 0 Å². The summed E-state index contributed by atoms with van der Waals surface area (Å²) in [6.07, 6.45) is 1.42. The lowest BCUT2D eigenvalue weighted by molar-refractivity contribution is 0.477. The first kappa shape index (κ1) is 25.1. The van der Waals surface area contributed by atoms with Gasteiger partial charge in [-0.05, 0) is 76.0 Å². The van der Waals surface area contributed by atoms with Crippen molar-refractivity contribution in [2.24, 2.45) is 0 Å². The highest BCUT2D eigenvalue weighted by molar-refractivity contribution is 5.39. The molecule has 0 atom stereocenters. The third kappa shape index (κ3) is 5.91. The summed E-state index contributed by atoms with van der Waals surface area (Å²) in [5.41, 5.74) is 5.45. The van der Waals surface area contributed by atoms with Crippen LogP contribution in [-0.2, 0) is 29.1 Å². The number of halogens is 2. The molecule has 0 aliphatic carbocycles. The van der Waals surface area contributed by atoms with Crippen molar-refractivity contribution < 1.29 is 8.78 Å². The van der Waals surface area contributed by atoms with Crippen LogP contribution < -0.4 is 0 Å². The average Bonchev–Trinajstić information content (AvgIpc) is 2.68. The second kappa shape index (κ2) is 9.05. The van der Waals surface area contributed by atoms with Gasteiger partial charge in [0.2, 0.25) is 0 Å². The summed E-state index contributed by atoms with van der Waals surface area (Å²) in [7, 11) is 0. The molecule has 0 N–H and O–H groups in total. The Morgan fingerprint density at radius 2 is 1.30 bits per heavy atom. The lowest BCUT2D eigenvalue weighted by Crippen LogP contribution is -2.24. The molecular weight excluding hydrogens is 410 g/mol. The maximum atomic E-state index is 15.4. The van der Waals surface area contributed by atoms with Gasteiger partial charge in [0, 0.05) is 0 Å². The lowest BCUT2D eigenvalue weighted by atomic mass is 9.74. The maximum absolute atomic E-state index is 15.4. The molecule has 0 aliphatic rings. The molecular formula is C31H38F2. The van der Waals surface area contributed by atoms with Gasteiger partial charge in [-0.1, -0.05) is 103 Å². The molecule has 3 aromatic rings. The van der Waals surface area contributed by atoms with Gasteiger partial charge in [0.05, 0.1) is 0 Å². The molecule has 0 aliphatic heterocycles. The van der Waals surface area contributed by atoms with Crippen molar-refractivity contribution in [1.82, 2.24) is 0 Å². The molecule has 0 spiro atoms. The van der Waals surface area contributed by atoms with Crippen molar-refractivity contribution in [2.45, 2.75) is 84.5 Å². The highest BCUT2D eigenvalue weighted by Gasteiger charge is 2.28. The minimum Gasteiger partial charge on any atom is -0.207 e. The van der Waals surface area contributed by atoms with Crippen LogP contribution in [0.1, 0.15) is 81.8 Å². The molecule has 0 fully saturated rings. The maximum Gasteiger partial charge on any atom is 0.130 e.